The van der Waals surface area contributed by atoms with Crippen LogP contribution in [0.15, 0.2) is 6.33 Å². The smallest absolute Gasteiger partial charge is 0.224 e. The van der Waals surface area contributed by atoms with E-state index in [1.165, 1.54) is 6.33 Å². The van der Waals surface area contributed by atoms with Crippen molar-refractivity contribution in [2.45, 2.75) is 20.3 Å². The Morgan fingerprint density at radius 3 is 2.90 bits per heavy atom. The highest BCUT2D eigenvalue weighted by Gasteiger charge is 2.16. The third-order valence-corrected chi connectivity index (χ3v) is 3.31. The van der Waals surface area contributed by atoms with Crippen molar-refractivity contribution in [2.75, 3.05) is 44.8 Å². The number of carbonyl (C=O) groups is 1. The van der Waals surface area contributed by atoms with E-state index in [0.29, 0.717) is 57.6 Å². The van der Waals surface area contributed by atoms with Gasteiger partial charge in [-0.2, -0.15) is 0 Å². The van der Waals surface area contributed by atoms with Crippen LogP contribution < -0.4 is 10.1 Å². The molecular weight excluding hydrogens is 272 g/mol. The van der Waals surface area contributed by atoms with Gasteiger partial charge in [0.2, 0.25) is 11.8 Å². The molecule has 7 nitrogen and oxygen atoms in total. The topological polar surface area (TPSA) is 76.6 Å². The molecule has 1 amide bonds. The molecule has 116 valence electrons. The Morgan fingerprint density at radius 2 is 2.19 bits per heavy atom. The summed E-state index contributed by atoms with van der Waals surface area (Å²) in [5.41, 5.74) is 0.859. The molecule has 1 aliphatic rings. The van der Waals surface area contributed by atoms with Crippen LogP contribution in [0.25, 0.3) is 0 Å². The minimum absolute atomic E-state index is 0.141. The number of amides is 1. The lowest BCUT2D eigenvalue weighted by Crippen LogP contribution is -2.41. The molecule has 21 heavy (non-hydrogen) atoms. The van der Waals surface area contributed by atoms with Crippen LogP contribution in [0, 0.1) is 6.92 Å². The molecule has 1 fully saturated rings. The molecule has 2 heterocycles. The molecule has 7 heteroatoms. The highest BCUT2D eigenvalue weighted by molar-refractivity contribution is 5.76. The molecular formula is C14H22N4O3. The van der Waals surface area contributed by atoms with Gasteiger partial charge in [-0.05, 0) is 13.8 Å². The molecule has 0 aliphatic carbocycles. The number of hydrogen-bond acceptors (Lipinski definition) is 6. The van der Waals surface area contributed by atoms with Gasteiger partial charge in [-0.15, -0.1) is 0 Å². The zero-order chi connectivity index (χ0) is 15.1. The monoisotopic (exact) mass is 294 g/mol. The minimum Gasteiger partial charge on any atom is -0.478 e. The van der Waals surface area contributed by atoms with Crippen LogP contribution in [0.4, 0.5) is 5.82 Å². The van der Waals surface area contributed by atoms with Crippen molar-refractivity contribution in [3.63, 3.8) is 0 Å². The van der Waals surface area contributed by atoms with Crippen molar-refractivity contribution in [1.29, 1.82) is 0 Å². The maximum Gasteiger partial charge on any atom is 0.224 e. The van der Waals surface area contributed by atoms with E-state index in [4.69, 9.17) is 9.47 Å². The fraction of sp³-hybridized carbons (Fsp3) is 0.643. The molecule has 2 rings (SSSR count). The van der Waals surface area contributed by atoms with Crippen LogP contribution in [0.3, 0.4) is 0 Å². The number of nitrogens with one attached hydrogen (secondary N) is 1. The summed E-state index contributed by atoms with van der Waals surface area (Å²) in [5.74, 6) is 1.43. The highest BCUT2D eigenvalue weighted by atomic mass is 16.5. The number of nitrogens with zero attached hydrogens (tertiary/aromatic N) is 3. The molecule has 0 aromatic carbocycles. The minimum atomic E-state index is 0.141. The zero-order valence-electron chi connectivity index (χ0n) is 12.6. The van der Waals surface area contributed by atoms with Crippen LogP contribution in [0.2, 0.25) is 0 Å². The first kappa shape index (κ1) is 15.5. The van der Waals surface area contributed by atoms with Gasteiger partial charge in [-0.3, -0.25) is 4.79 Å². The van der Waals surface area contributed by atoms with Crippen molar-refractivity contribution in [1.82, 2.24) is 14.9 Å². The van der Waals surface area contributed by atoms with Gasteiger partial charge in [-0.1, -0.05) is 0 Å². The summed E-state index contributed by atoms with van der Waals surface area (Å²) in [6.07, 6.45) is 1.90. The van der Waals surface area contributed by atoms with E-state index >= 15 is 0 Å². The average molecular weight is 294 g/mol. The summed E-state index contributed by atoms with van der Waals surface area (Å²) in [4.78, 5) is 22.1. The molecule has 0 radical (unpaired) electrons. The number of morpholine rings is 1. The van der Waals surface area contributed by atoms with Gasteiger partial charge in [0, 0.05) is 26.1 Å². The van der Waals surface area contributed by atoms with Crippen LogP contribution in [0.1, 0.15) is 18.9 Å². The number of ether oxygens (including phenoxy) is 2. The maximum absolute atomic E-state index is 12.0. The first-order valence-corrected chi connectivity index (χ1v) is 7.26. The molecule has 1 aromatic heterocycles. The highest BCUT2D eigenvalue weighted by Crippen LogP contribution is 2.20. The van der Waals surface area contributed by atoms with E-state index in [0.717, 1.165) is 5.56 Å². The lowest BCUT2D eigenvalue weighted by molar-refractivity contribution is -0.134. The van der Waals surface area contributed by atoms with E-state index in [2.05, 4.69) is 15.3 Å². The van der Waals surface area contributed by atoms with Gasteiger partial charge in [0.05, 0.1) is 25.4 Å². The standard InChI is InChI=1S/C14H22N4O3/c1-3-21-14-11(2)13(16-10-17-14)15-5-4-12(19)18-6-8-20-9-7-18/h10H,3-9H2,1-2H3,(H,15,16,17). The Balaban J connectivity index is 1.82. The average Bonchev–Trinajstić information content (AvgIpc) is 2.52. The third kappa shape index (κ3) is 4.29. The summed E-state index contributed by atoms with van der Waals surface area (Å²) >= 11 is 0. The van der Waals surface area contributed by atoms with E-state index < -0.39 is 0 Å². The van der Waals surface area contributed by atoms with Crippen molar-refractivity contribution < 1.29 is 14.3 Å². The first-order valence-electron chi connectivity index (χ1n) is 7.26. The fourth-order valence-electron chi connectivity index (χ4n) is 2.15. The number of hydrogen-bond donors (Lipinski definition) is 1. The summed E-state index contributed by atoms with van der Waals surface area (Å²) in [5, 5.41) is 3.17. The maximum atomic E-state index is 12.0. The predicted molar refractivity (Wildman–Crippen MR) is 78.4 cm³/mol. The van der Waals surface area contributed by atoms with E-state index in [1.54, 1.807) is 0 Å². The van der Waals surface area contributed by atoms with E-state index in [9.17, 15) is 4.79 Å². The third-order valence-electron chi connectivity index (χ3n) is 3.31. The van der Waals surface area contributed by atoms with Gasteiger partial charge >= 0.3 is 0 Å². The number of anilines is 1. The first-order chi connectivity index (χ1) is 10.2. The van der Waals surface area contributed by atoms with E-state index in [-0.39, 0.29) is 5.91 Å². The molecule has 1 saturated heterocycles. The van der Waals surface area contributed by atoms with Gasteiger partial charge in [-0.25, -0.2) is 9.97 Å². The summed E-state index contributed by atoms with van der Waals surface area (Å²) in [6, 6.07) is 0. The Morgan fingerprint density at radius 1 is 1.43 bits per heavy atom. The Hall–Kier alpha value is -1.89. The second-order valence-corrected chi connectivity index (χ2v) is 4.76. The van der Waals surface area contributed by atoms with E-state index in [1.807, 2.05) is 18.7 Å². The molecule has 1 aromatic rings. The van der Waals surface area contributed by atoms with Crippen LogP contribution in [-0.4, -0.2) is 60.2 Å². The van der Waals surface area contributed by atoms with Gasteiger partial charge < -0.3 is 19.7 Å². The van der Waals surface area contributed by atoms with Gasteiger partial charge in [0.1, 0.15) is 12.1 Å². The predicted octanol–water partition coefficient (Wildman–Crippen LogP) is 0.845. The summed E-state index contributed by atoms with van der Waals surface area (Å²) in [7, 11) is 0. The number of carbonyl (C=O) groups excluding carboxylic acids is 1. The van der Waals surface area contributed by atoms with Crippen molar-refractivity contribution in [2.24, 2.45) is 0 Å². The fourth-order valence-corrected chi connectivity index (χ4v) is 2.15. The van der Waals surface area contributed by atoms with Crippen molar-refractivity contribution >= 4 is 11.7 Å². The lowest BCUT2D eigenvalue weighted by atomic mass is 10.3. The largest absolute Gasteiger partial charge is 0.478 e. The summed E-state index contributed by atoms with van der Waals surface area (Å²) < 4.78 is 10.7. The summed E-state index contributed by atoms with van der Waals surface area (Å²) in [6.45, 7) is 7.53. The second-order valence-electron chi connectivity index (χ2n) is 4.76. The van der Waals surface area contributed by atoms with Gasteiger partial charge in [0.25, 0.3) is 0 Å². The molecule has 0 atom stereocenters. The number of aromatic nitrogens is 2. The van der Waals surface area contributed by atoms with Gasteiger partial charge in [0.15, 0.2) is 0 Å². The molecule has 0 unspecified atom stereocenters. The Labute approximate surface area is 124 Å². The molecule has 0 bridgehead atoms. The quantitative estimate of drug-likeness (QED) is 0.838. The zero-order valence-corrected chi connectivity index (χ0v) is 12.6. The van der Waals surface area contributed by atoms with Crippen LogP contribution in [0.5, 0.6) is 5.88 Å². The Bertz CT molecular complexity index is 475. The second kappa shape index (κ2) is 7.78. The van der Waals surface area contributed by atoms with Crippen LogP contribution in [-0.2, 0) is 9.53 Å². The normalized spacial score (nSPS) is 14.9. The number of rotatable bonds is 6. The Kier molecular flexibility index (Phi) is 5.74. The lowest BCUT2D eigenvalue weighted by Gasteiger charge is -2.26. The molecule has 0 saturated carbocycles. The SMILES string of the molecule is CCOc1ncnc(NCCC(=O)N2CCOCC2)c1C. The van der Waals surface area contributed by atoms with Crippen molar-refractivity contribution in [3.05, 3.63) is 11.9 Å². The molecule has 1 aliphatic heterocycles. The molecule has 0 spiro atoms. The van der Waals surface area contributed by atoms with Crippen molar-refractivity contribution in [3.8, 4) is 5.88 Å². The van der Waals surface area contributed by atoms with Crippen LogP contribution >= 0.6 is 0 Å². The molecule has 1 N–H and O–H groups in total.